The highest BCUT2D eigenvalue weighted by atomic mass is 32.2. The van der Waals surface area contributed by atoms with Gasteiger partial charge >= 0.3 is 0 Å². The monoisotopic (exact) mass is 406 g/mol. The van der Waals surface area contributed by atoms with E-state index in [4.69, 9.17) is 9.72 Å². The van der Waals surface area contributed by atoms with Crippen molar-refractivity contribution in [3.8, 4) is 17.1 Å². The third kappa shape index (κ3) is 4.37. The van der Waals surface area contributed by atoms with Crippen LogP contribution in [-0.4, -0.2) is 20.9 Å². The van der Waals surface area contributed by atoms with Crippen molar-refractivity contribution in [1.29, 1.82) is 0 Å². The molecule has 0 radical (unpaired) electrons. The summed E-state index contributed by atoms with van der Waals surface area (Å²) in [7, 11) is 0. The molecule has 0 aliphatic carbocycles. The Morgan fingerprint density at radius 2 is 1.86 bits per heavy atom. The molecule has 2 aromatic carbocycles. The molecule has 0 saturated carbocycles. The lowest BCUT2D eigenvalue weighted by atomic mass is 10.0. The topological polar surface area (TPSA) is 59.9 Å². The summed E-state index contributed by atoms with van der Waals surface area (Å²) in [6.45, 7) is 6.57. The summed E-state index contributed by atoms with van der Waals surface area (Å²) < 4.78 is 6.33. The van der Waals surface area contributed by atoms with Crippen LogP contribution in [0.5, 0.6) is 5.88 Å². The van der Waals surface area contributed by atoms with Gasteiger partial charge in [0.2, 0.25) is 11.0 Å². The van der Waals surface area contributed by atoms with Crippen molar-refractivity contribution in [2.45, 2.75) is 50.9 Å². The normalized spacial score (nSPS) is 15.1. The Bertz CT molecular complexity index is 975. The Morgan fingerprint density at radius 1 is 1.07 bits per heavy atom. The highest BCUT2D eigenvalue weighted by Gasteiger charge is 2.26. The van der Waals surface area contributed by atoms with E-state index in [1.807, 2.05) is 24.3 Å². The minimum absolute atomic E-state index is 0.344. The molecular formula is C23H26N4OS. The minimum atomic E-state index is -0.344. The molecule has 29 heavy (non-hydrogen) atoms. The number of nitrogens with zero attached hydrogens (tertiary/aromatic N) is 3. The first-order valence-electron chi connectivity index (χ1n) is 10.2. The van der Waals surface area contributed by atoms with E-state index in [2.05, 4.69) is 60.6 Å². The molecule has 3 aromatic rings. The summed E-state index contributed by atoms with van der Waals surface area (Å²) in [5.41, 5.74) is 4.95. The Labute approximate surface area is 176 Å². The van der Waals surface area contributed by atoms with Crippen LogP contribution in [0.3, 0.4) is 0 Å². The number of para-hydroxylation sites is 1. The Kier molecular flexibility index (Phi) is 6.00. The smallest absolute Gasteiger partial charge is 0.247 e. The van der Waals surface area contributed by atoms with Crippen molar-refractivity contribution in [3.63, 3.8) is 0 Å². The first kappa shape index (κ1) is 19.7. The van der Waals surface area contributed by atoms with E-state index in [1.54, 1.807) is 11.8 Å². The Balaban J connectivity index is 1.70. The second-order valence-corrected chi connectivity index (χ2v) is 8.52. The van der Waals surface area contributed by atoms with Crippen molar-refractivity contribution in [1.82, 2.24) is 15.2 Å². The Morgan fingerprint density at radius 3 is 2.62 bits per heavy atom. The number of aromatic nitrogens is 3. The molecule has 1 aromatic heterocycles. The highest BCUT2D eigenvalue weighted by molar-refractivity contribution is 7.99. The highest BCUT2D eigenvalue weighted by Crippen LogP contribution is 2.39. The fraction of sp³-hybridized carbons (Fsp3) is 0.348. The van der Waals surface area contributed by atoms with Gasteiger partial charge in [0.1, 0.15) is 0 Å². The van der Waals surface area contributed by atoms with E-state index in [-0.39, 0.29) is 6.23 Å². The Hall–Kier alpha value is -2.60. The van der Waals surface area contributed by atoms with E-state index in [0.29, 0.717) is 22.6 Å². The van der Waals surface area contributed by atoms with Crippen molar-refractivity contribution in [3.05, 3.63) is 59.7 Å². The van der Waals surface area contributed by atoms with Gasteiger partial charge in [0.05, 0.1) is 0 Å². The lowest BCUT2D eigenvalue weighted by Gasteiger charge is -2.20. The summed E-state index contributed by atoms with van der Waals surface area (Å²) in [5, 5.41) is 13.0. The first-order valence-corrected chi connectivity index (χ1v) is 11.1. The fourth-order valence-corrected chi connectivity index (χ4v) is 4.08. The van der Waals surface area contributed by atoms with Crippen LogP contribution in [-0.2, 0) is 0 Å². The van der Waals surface area contributed by atoms with E-state index in [9.17, 15) is 0 Å². The van der Waals surface area contributed by atoms with Crippen LogP contribution in [0.4, 0.5) is 5.69 Å². The molecule has 2 heterocycles. The van der Waals surface area contributed by atoms with Crippen molar-refractivity contribution in [2.75, 3.05) is 11.1 Å². The van der Waals surface area contributed by atoms with Gasteiger partial charge in [-0.25, -0.2) is 0 Å². The van der Waals surface area contributed by atoms with E-state index in [1.165, 1.54) is 5.56 Å². The van der Waals surface area contributed by atoms with Crippen LogP contribution in [0.1, 0.15) is 56.9 Å². The number of hydrogen-bond donors (Lipinski definition) is 1. The maximum absolute atomic E-state index is 6.33. The third-order valence-corrected chi connectivity index (χ3v) is 5.89. The molecule has 0 amide bonds. The van der Waals surface area contributed by atoms with Crippen LogP contribution >= 0.6 is 11.8 Å². The SMILES string of the molecule is CCCCSc1nnc2c(n1)O[C@H](c1ccc(C(C)C)cc1)Nc1ccccc1-2. The molecule has 4 rings (SSSR count). The van der Waals surface area contributed by atoms with Gasteiger partial charge in [-0.3, -0.25) is 0 Å². The average molecular weight is 407 g/mol. The second kappa shape index (κ2) is 8.82. The molecule has 0 saturated heterocycles. The zero-order chi connectivity index (χ0) is 20.2. The maximum Gasteiger partial charge on any atom is 0.247 e. The molecule has 1 aliphatic heterocycles. The van der Waals surface area contributed by atoms with Gasteiger partial charge in [0, 0.05) is 22.6 Å². The van der Waals surface area contributed by atoms with Crippen LogP contribution in [0, 0.1) is 0 Å². The number of ether oxygens (including phenoxy) is 1. The molecule has 5 nitrogen and oxygen atoms in total. The van der Waals surface area contributed by atoms with Gasteiger partial charge in [-0.05, 0) is 24.0 Å². The van der Waals surface area contributed by atoms with Gasteiger partial charge in [-0.15, -0.1) is 10.2 Å². The summed E-state index contributed by atoms with van der Waals surface area (Å²) in [5.74, 6) is 1.99. The van der Waals surface area contributed by atoms with Crippen LogP contribution < -0.4 is 10.1 Å². The van der Waals surface area contributed by atoms with Gasteiger partial charge in [-0.1, -0.05) is 81.4 Å². The largest absolute Gasteiger partial charge is 0.448 e. The van der Waals surface area contributed by atoms with E-state index >= 15 is 0 Å². The lowest BCUT2D eigenvalue weighted by molar-refractivity contribution is 0.225. The predicted molar refractivity (Wildman–Crippen MR) is 118 cm³/mol. The molecule has 0 spiro atoms. The summed E-state index contributed by atoms with van der Waals surface area (Å²) >= 11 is 1.62. The van der Waals surface area contributed by atoms with Crippen LogP contribution in [0.15, 0.2) is 53.7 Å². The number of benzene rings is 2. The number of thioether (sulfide) groups is 1. The van der Waals surface area contributed by atoms with Crippen molar-refractivity contribution >= 4 is 17.4 Å². The molecule has 1 atom stereocenters. The molecule has 0 unspecified atom stereocenters. The molecular weight excluding hydrogens is 380 g/mol. The number of hydrogen-bond acceptors (Lipinski definition) is 6. The van der Waals surface area contributed by atoms with E-state index < -0.39 is 0 Å². The summed E-state index contributed by atoms with van der Waals surface area (Å²) in [6, 6.07) is 16.6. The maximum atomic E-state index is 6.33. The second-order valence-electron chi connectivity index (χ2n) is 7.46. The minimum Gasteiger partial charge on any atom is -0.448 e. The molecule has 1 aliphatic rings. The van der Waals surface area contributed by atoms with Crippen molar-refractivity contribution in [2.24, 2.45) is 0 Å². The molecule has 6 heteroatoms. The molecule has 0 fully saturated rings. The van der Waals surface area contributed by atoms with E-state index in [0.717, 1.165) is 35.4 Å². The van der Waals surface area contributed by atoms with Crippen molar-refractivity contribution < 1.29 is 4.74 Å². The van der Waals surface area contributed by atoms with Crippen LogP contribution in [0.2, 0.25) is 0 Å². The molecule has 150 valence electrons. The lowest BCUT2D eigenvalue weighted by Crippen LogP contribution is -2.17. The van der Waals surface area contributed by atoms with Crippen LogP contribution in [0.25, 0.3) is 11.3 Å². The predicted octanol–water partition coefficient (Wildman–Crippen LogP) is 6.06. The molecule has 0 bridgehead atoms. The number of rotatable bonds is 6. The zero-order valence-electron chi connectivity index (χ0n) is 17.1. The quantitative estimate of drug-likeness (QED) is 0.397. The number of fused-ring (bicyclic) bond motifs is 3. The average Bonchev–Trinajstić information content (AvgIpc) is 2.90. The summed E-state index contributed by atoms with van der Waals surface area (Å²) in [4.78, 5) is 4.69. The van der Waals surface area contributed by atoms with Gasteiger partial charge in [0.25, 0.3) is 0 Å². The van der Waals surface area contributed by atoms with Gasteiger partial charge < -0.3 is 10.1 Å². The molecule has 1 N–H and O–H groups in total. The van der Waals surface area contributed by atoms with Gasteiger partial charge in [-0.2, -0.15) is 4.98 Å². The summed E-state index contributed by atoms with van der Waals surface area (Å²) in [6.07, 6.45) is 1.93. The number of unbranched alkanes of at least 4 members (excludes halogenated alkanes) is 1. The standard InChI is InChI=1S/C23H26N4OS/c1-4-5-14-29-23-25-22-20(26-27-23)18-8-6-7-9-19(18)24-21(28-22)17-12-10-16(11-13-17)15(2)3/h6-13,15,21,24H,4-5,14H2,1-3H3/t21-/m1/s1. The first-order chi connectivity index (χ1) is 14.2. The van der Waals surface area contributed by atoms with Gasteiger partial charge in [0.15, 0.2) is 11.9 Å². The fourth-order valence-electron chi connectivity index (χ4n) is 3.22. The zero-order valence-corrected chi connectivity index (χ0v) is 17.9. The third-order valence-electron chi connectivity index (χ3n) is 4.97. The number of anilines is 1. The number of nitrogens with one attached hydrogen (secondary N) is 1.